The van der Waals surface area contributed by atoms with Gasteiger partial charge in [0, 0.05) is 43.1 Å². The molecule has 2 saturated heterocycles. The predicted octanol–water partition coefficient (Wildman–Crippen LogP) is 2.73. The van der Waals surface area contributed by atoms with Gasteiger partial charge in [0.15, 0.2) is 0 Å². The summed E-state index contributed by atoms with van der Waals surface area (Å²) in [7, 11) is 0. The molecule has 3 N–H and O–H groups in total. The molecule has 9 heteroatoms. The van der Waals surface area contributed by atoms with Gasteiger partial charge in [0.2, 0.25) is 5.91 Å². The van der Waals surface area contributed by atoms with Gasteiger partial charge in [-0.3, -0.25) is 14.7 Å². The zero-order valence-corrected chi connectivity index (χ0v) is 19.1. The van der Waals surface area contributed by atoms with Crippen LogP contribution in [0.25, 0.3) is 0 Å². The summed E-state index contributed by atoms with van der Waals surface area (Å²) in [6, 6.07) is 4.55. The Labute approximate surface area is 189 Å². The molecule has 174 valence electrons. The Morgan fingerprint density at radius 1 is 1.38 bits per heavy atom. The van der Waals surface area contributed by atoms with Crippen LogP contribution in [0, 0.1) is 18.3 Å². The summed E-state index contributed by atoms with van der Waals surface area (Å²) in [5.41, 5.74) is 0.715. The van der Waals surface area contributed by atoms with Gasteiger partial charge in [-0.1, -0.05) is 13.8 Å². The molecule has 2 fully saturated rings. The van der Waals surface area contributed by atoms with Gasteiger partial charge in [0.25, 0.3) is 6.47 Å². The molecule has 2 aromatic rings. The third-order valence-electron chi connectivity index (χ3n) is 6.62. The fraction of sp³-hybridized carbons (Fsp3) is 0.609. The molecule has 0 aromatic carbocycles. The highest BCUT2D eigenvalue weighted by Gasteiger charge is 2.59. The first-order valence-corrected chi connectivity index (χ1v) is 11.3. The maximum atomic E-state index is 13.5. The van der Waals surface area contributed by atoms with Crippen LogP contribution in [-0.2, 0) is 16.0 Å². The largest absolute Gasteiger partial charge is 0.483 e. The summed E-state index contributed by atoms with van der Waals surface area (Å²) >= 11 is 0. The highest BCUT2D eigenvalue weighted by Crippen LogP contribution is 2.54. The Bertz CT molecular complexity index is 888. The number of aromatic amines is 1. The van der Waals surface area contributed by atoms with Gasteiger partial charge in [-0.05, 0) is 57.1 Å². The van der Waals surface area contributed by atoms with Crippen molar-refractivity contribution in [1.82, 2.24) is 25.5 Å². The molecule has 3 atom stereocenters. The highest BCUT2D eigenvalue weighted by atomic mass is 16.3. The summed E-state index contributed by atoms with van der Waals surface area (Å²) in [4.78, 5) is 33.3. The first-order chi connectivity index (χ1) is 15.4. The third-order valence-corrected chi connectivity index (χ3v) is 6.62. The molecule has 32 heavy (non-hydrogen) atoms. The van der Waals surface area contributed by atoms with E-state index in [9.17, 15) is 4.79 Å². The van der Waals surface area contributed by atoms with Gasteiger partial charge in [-0.2, -0.15) is 5.10 Å². The molecule has 2 bridgehead atoms. The lowest BCUT2D eigenvalue weighted by atomic mass is 9.69. The fourth-order valence-corrected chi connectivity index (χ4v) is 5.20. The smallest absolute Gasteiger partial charge is 0.290 e. The second-order valence-corrected chi connectivity index (χ2v) is 9.10. The molecule has 4 heterocycles. The molecule has 0 saturated carbocycles. The number of rotatable bonds is 8. The third kappa shape index (κ3) is 5.08. The van der Waals surface area contributed by atoms with Crippen LogP contribution in [0.5, 0.6) is 0 Å². The first-order valence-electron chi connectivity index (χ1n) is 11.3. The summed E-state index contributed by atoms with van der Waals surface area (Å²) in [5, 5.41) is 17.1. The summed E-state index contributed by atoms with van der Waals surface area (Å²) in [6.45, 7) is 6.79. The van der Waals surface area contributed by atoms with Crippen LogP contribution in [0.1, 0.15) is 57.5 Å². The highest BCUT2D eigenvalue weighted by molar-refractivity contribution is 5.85. The molecule has 2 aromatic heterocycles. The minimum atomic E-state index is -0.333. The number of H-pyrrole nitrogens is 1. The van der Waals surface area contributed by atoms with E-state index in [0.29, 0.717) is 18.5 Å². The predicted molar refractivity (Wildman–Crippen MR) is 121 cm³/mol. The van der Waals surface area contributed by atoms with Crippen molar-refractivity contribution in [3.05, 3.63) is 36.0 Å². The van der Waals surface area contributed by atoms with Crippen molar-refractivity contribution >= 4 is 18.2 Å². The van der Waals surface area contributed by atoms with Crippen LogP contribution < -0.4 is 10.2 Å². The van der Waals surface area contributed by atoms with Crippen molar-refractivity contribution in [1.29, 1.82) is 0 Å². The second-order valence-electron chi connectivity index (χ2n) is 9.10. The molecule has 2 aliphatic rings. The van der Waals surface area contributed by atoms with Crippen LogP contribution in [0.15, 0.2) is 24.5 Å². The minimum absolute atomic E-state index is 0.209. The van der Waals surface area contributed by atoms with Crippen LogP contribution in [-0.4, -0.2) is 56.3 Å². The van der Waals surface area contributed by atoms with E-state index >= 15 is 0 Å². The molecule has 1 amide bonds. The number of nitrogens with zero attached hydrogens (tertiary/aromatic N) is 4. The maximum Gasteiger partial charge on any atom is 0.290 e. The van der Waals surface area contributed by atoms with Crippen LogP contribution in [0.3, 0.4) is 0 Å². The molecule has 9 nitrogen and oxygen atoms in total. The minimum Gasteiger partial charge on any atom is -0.483 e. The number of hydrogen-bond acceptors (Lipinski definition) is 6. The van der Waals surface area contributed by atoms with Gasteiger partial charge in [0.05, 0.1) is 5.41 Å². The van der Waals surface area contributed by atoms with E-state index in [1.807, 2.05) is 25.3 Å². The number of amides is 1. The molecular weight excluding hydrogens is 408 g/mol. The number of aromatic nitrogens is 4. The summed E-state index contributed by atoms with van der Waals surface area (Å²) < 4.78 is 0. The SMILES string of the molecule is Cc1nccc(N2[C@@H]3CC[C@H]2[C@@](CCC(C)C)(C(=O)NCCc2ccn[nH]2)C3)n1.O=CO. The number of aryl methyl sites for hydroxylation is 1. The van der Waals surface area contributed by atoms with Crippen molar-refractivity contribution in [2.24, 2.45) is 11.3 Å². The molecule has 2 aliphatic heterocycles. The Kier molecular flexibility index (Phi) is 7.82. The van der Waals surface area contributed by atoms with Crippen LogP contribution in [0.2, 0.25) is 0 Å². The van der Waals surface area contributed by atoms with Crippen molar-refractivity contribution in [2.75, 3.05) is 11.4 Å². The normalized spacial score (nSPS) is 23.7. The van der Waals surface area contributed by atoms with Crippen molar-refractivity contribution < 1.29 is 14.7 Å². The van der Waals surface area contributed by atoms with E-state index in [1.165, 1.54) is 0 Å². The molecule has 4 rings (SSSR count). The van der Waals surface area contributed by atoms with Crippen molar-refractivity contribution in [3.63, 3.8) is 0 Å². The zero-order valence-electron chi connectivity index (χ0n) is 19.1. The molecular formula is C23H34N6O3. The fourth-order valence-electron chi connectivity index (χ4n) is 5.20. The zero-order chi connectivity index (χ0) is 23.1. The van der Waals surface area contributed by atoms with Gasteiger partial charge < -0.3 is 15.3 Å². The average molecular weight is 443 g/mol. The van der Waals surface area contributed by atoms with E-state index in [2.05, 4.69) is 44.2 Å². The molecule has 0 unspecified atom stereocenters. The molecule has 0 aliphatic carbocycles. The first kappa shape index (κ1) is 23.7. The lowest BCUT2D eigenvalue weighted by molar-refractivity contribution is -0.132. The number of anilines is 1. The van der Waals surface area contributed by atoms with Crippen molar-refractivity contribution in [2.45, 2.75) is 71.4 Å². The van der Waals surface area contributed by atoms with Crippen LogP contribution in [0.4, 0.5) is 5.82 Å². The van der Waals surface area contributed by atoms with E-state index in [4.69, 9.17) is 9.90 Å². The number of nitrogens with one attached hydrogen (secondary N) is 2. The topological polar surface area (TPSA) is 124 Å². The summed E-state index contributed by atoms with van der Waals surface area (Å²) in [6.07, 6.45) is 9.46. The molecule has 0 spiro atoms. The van der Waals surface area contributed by atoms with Gasteiger partial charge in [-0.25, -0.2) is 9.97 Å². The second kappa shape index (κ2) is 10.6. The number of fused-ring (bicyclic) bond motifs is 2. The Hall–Kier alpha value is -2.97. The standard InChI is InChI=1S/C22H32N6O.CH2O2/c1-15(2)6-10-22(21(29)24-11-7-17-8-13-25-27-17)14-18-4-5-19(22)28(18)20-9-12-23-16(3)26-20;2-1-3/h8-9,12-13,15,18-19H,4-7,10-11,14H2,1-3H3,(H,24,29)(H,25,27);1H,(H,2,3)/t18-,19+,22+;/m1./s1. The average Bonchev–Trinajstić information content (AvgIpc) is 3.48. The number of hydrogen-bond donors (Lipinski definition) is 3. The number of carbonyl (C=O) groups excluding carboxylic acids is 1. The van der Waals surface area contributed by atoms with Gasteiger partial charge in [-0.15, -0.1) is 0 Å². The van der Waals surface area contributed by atoms with E-state index in [1.54, 1.807) is 6.20 Å². The number of carboxylic acid groups (broad SMARTS) is 1. The lowest BCUT2D eigenvalue weighted by Crippen LogP contribution is -2.50. The van der Waals surface area contributed by atoms with E-state index < -0.39 is 0 Å². The maximum absolute atomic E-state index is 13.5. The number of carbonyl (C=O) groups is 2. The van der Waals surface area contributed by atoms with Gasteiger partial charge in [0.1, 0.15) is 11.6 Å². The lowest BCUT2D eigenvalue weighted by Gasteiger charge is -2.37. The molecule has 0 radical (unpaired) electrons. The quantitative estimate of drug-likeness (QED) is 0.537. The van der Waals surface area contributed by atoms with Crippen molar-refractivity contribution in [3.8, 4) is 0 Å². The Morgan fingerprint density at radius 2 is 2.16 bits per heavy atom. The Balaban J connectivity index is 0.000000913. The summed E-state index contributed by atoms with van der Waals surface area (Å²) in [5.74, 6) is 2.55. The van der Waals surface area contributed by atoms with Gasteiger partial charge >= 0.3 is 0 Å². The van der Waals surface area contributed by atoms with E-state index in [-0.39, 0.29) is 23.8 Å². The Morgan fingerprint density at radius 3 is 2.81 bits per heavy atom. The monoisotopic (exact) mass is 442 g/mol. The van der Waals surface area contributed by atoms with Crippen LogP contribution >= 0.6 is 0 Å². The van der Waals surface area contributed by atoms with E-state index in [0.717, 1.165) is 55.9 Å².